The second-order valence-corrected chi connectivity index (χ2v) is 9.39. The van der Waals surface area contributed by atoms with Crippen molar-refractivity contribution >= 4 is 22.8 Å². The molecule has 1 heterocycles. The van der Waals surface area contributed by atoms with Gasteiger partial charge in [0.15, 0.2) is 0 Å². The molecule has 1 saturated carbocycles. The van der Waals surface area contributed by atoms with E-state index in [2.05, 4.69) is 20.6 Å². The van der Waals surface area contributed by atoms with Crippen LogP contribution in [0.1, 0.15) is 42.6 Å². The number of carbonyl (C=O) groups excluding carboxylic acids is 1. The lowest BCUT2D eigenvalue weighted by Crippen LogP contribution is -2.25. The van der Waals surface area contributed by atoms with Crippen molar-refractivity contribution in [3.05, 3.63) is 71.7 Å². The standard InChI is InChI=1S/C28H27FN4O2/c1-15(2)31-28-30-14-18-11-23(22-10-17(5-4-16(22)3)27(35)32-19-6-7-19)24(13-26(18)33-28)21-9-8-20(34)12-25(21)29/h4-5,8-15,19,34H,6-7H2,1-3H3,(H,32,35)(H,30,31,33). The zero-order valence-electron chi connectivity index (χ0n) is 19.9. The maximum absolute atomic E-state index is 15.1. The van der Waals surface area contributed by atoms with E-state index >= 15 is 4.39 Å². The normalized spacial score (nSPS) is 13.3. The summed E-state index contributed by atoms with van der Waals surface area (Å²) in [5, 5.41) is 16.8. The highest BCUT2D eigenvalue weighted by molar-refractivity contribution is 5.99. The fraction of sp³-hybridized carbons (Fsp3) is 0.250. The molecule has 3 N–H and O–H groups in total. The largest absolute Gasteiger partial charge is 0.508 e. The second-order valence-electron chi connectivity index (χ2n) is 9.39. The lowest BCUT2D eigenvalue weighted by atomic mass is 9.89. The van der Waals surface area contributed by atoms with E-state index in [0.717, 1.165) is 41.0 Å². The minimum atomic E-state index is -0.541. The number of rotatable bonds is 6. The summed E-state index contributed by atoms with van der Waals surface area (Å²) in [6.45, 7) is 5.97. The van der Waals surface area contributed by atoms with Crippen LogP contribution >= 0.6 is 0 Å². The van der Waals surface area contributed by atoms with Crippen LogP contribution in [0.4, 0.5) is 10.3 Å². The molecule has 6 nitrogen and oxygen atoms in total. The second kappa shape index (κ2) is 8.98. The predicted octanol–water partition coefficient (Wildman–Crippen LogP) is 5.83. The molecule has 1 fully saturated rings. The summed E-state index contributed by atoms with van der Waals surface area (Å²) in [5.74, 6) is -0.304. The molecule has 3 aromatic carbocycles. The molecule has 0 saturated heterocycles. The Morgan fingerprint density at radius 2 is 1.80 bits per heavy atom. The summed E-state index contributed by atoms with van der Waals surface area (Å²) in [5.41, 5.74) is 4.70. The number of fused-ring (bicyclic) bond motifs is 1. The summed E-state index contributed by atoms with van der Waals surface area (Å²) in [6, 6.07) is 13.9. The van der Waals surface area contributed by atoms with E-state index in [1.54, 1.807) is 12.3 Å². The number of hydrogen-bond acceptors (Lipinski definition) is 5. The van der Waals surface area contributed by atoms with E-state index in [9.17, 15) is 9.90 Å². The number of amides is 1. The van der Waals surface area contributed by atoms with Gasteiger partial charge in [-0.25, -0.2) is 14.4 Å². The Labute approximate surface area is 203 Å². The minimum Gasteiger partial charge on any atom is -0.508 e. The van der Waals surface area contributed by atoms with Crippen molar-refractivity contribution < 1.29 is 14.3 Å². The van der Waals surface area contributed by atoms with E-state index in [1.165, 1.54) is 6.07 Å². The van der Waals surface area contributed by atoms with Crippen LogP contribution in [-0.2, 0) is 0 Å². The summed E-state index contributed by atoms with van der Waals surface area (Å²) in [6.07, 6.45) is 3.76. The van der Waals surface area contributed by atoms with Crippen LogP contribution in [0, 0.1) is 12.7 Å². The Hall–Kier alpha value is -4.00. The maximum atomic E-state index is 15.1. The average Bonchev–Trinajstić information content (AvgIpc) is 3.62. The van der Waals surface area contributed by atoms with Gasteiger partial charge in [0.25, 0.3) is 5.91 Å². The van der Waals surface area contributed by atoms with Crippen molar-refractivity contribution in [2.75, 3.05) is 5.32 Å². The van der Waals surface area contributed by atoms with Crippen molar-refractivity contribution in [2.45, 2.75) is 45.7 Å². The molecule has 178 valence electrons. The maximum Gasteiger partial charge on any atom is 0.251 e. The third-order valence-corrected chi connectivity index (χ3v) is 6.08. The summed E-state index contributed by atoms with van der Waals surface area (Å²) in [7, 11) is 0. The minimum absolute atomic E-state index is 0.111. The van der Waals surface area contributed by atoms with Crippen LogP contribution in [0.15, 0.2) is 54.7 Å². The third-order valence-electron chi connectivity index (χ3n) is 6.08. The molecular weight excluding hydrogens is 443 g/mol. The molecule has 35 heavy (non-hydrogen) atoms. The number of anilines is 1. The van der Waals surface area contributed by atoms with Gasteiger partial charge >= 0.3 is 0 Å². The van der Waals surface area contributed by atoms with Gasteiger partial charge in [0.1, 0.15) is 11.6 Å². The van der Waals surface area contributed by atoms with E-state index in [1.807, 2.05) is 51.1 Å². The monoisotopic (exact) mass is 470 g/mol. The number of halogens is 1. The number of benzene rings is 3. The first-order valence-corrected chi connectivity index (χ1v) is 11.8. The van der Waals surface area contributed by atoms with E-state index < -0.39 is 5.82 Å². The highest BCUT2D eigenvalue weighted by Gasteiger charge is 2.24. The molecule has 1 amide bonds. The van der Waals surface area contributed by atoms with E-state index in [4.69, 9.17) is 0 Å². The van der Waals surface area contributed by atoms with Crippen LogP contribution in [0.2, 0.25) is 0 Å². The first kappa shape index (κ1) is 22.8. The van der Waals surface area contributed by atoms with Gasteiger partial charge in [-0.1, -0.05) is 6.07 Å². The Morgan fingerprint density at radius 1 is 1.03 bits per heavy atom. The highest BCUT2D eigenvalue weighted by atomic mass is 19.1. The molecule has 0 unspecified atom stereocenters. The molecule has 0 radical (unpaired) electrons. The Kier molecular flexibility index (Phi) is 5.84. The first-order chi connectivity index (χ1) is 16.8. The van der Waals surface area contributed by atoms with Crippen molar-refractivity contribution in [2.24, 2.45) is 0 Å². The topological polar surface area (TPSA) is 87.1 Å². The van der Waals surface area contributed by atoms with E-state index in [-0.39, 0.29) is 23.7 Å². The summed E-state index contributed by atoms with van der Waals surface area (Å²) < 4.78 is 15.1. The fourth-order valence-corrected chi connectivity index (χ4v) is 4.12. The zero-order valence-corrected chi connectivity index (χ0v) is 19.9. The van der Waals surface area contributed by atoms with Crippen LogP contribution in [-0.4, -0.2) is 33.1 Å². The molecule has 5 rings (SSSR count). The van der Waals surface area contributed by atoms with Gasteiger partial charge in [0.05, 0.1) is 5.52 Å². The number of aromatic hydroxyl groups is 1. The molecule has 0 spiro atoms. The van der Waals surface area contributed by atoms with Gasteiger partial charge in [-0.15, -0.1) is 0 Å². The van der Waals surface area contributed by atoms with Crippen molar-refractivity contribution in [1.29, 1.82) is 0 Å². The molecule has 0 bridgehead atoms. The van der Waals surface area contributed by atoms with Crippen LogP contribution in [0.3, 0.4) is 0 Å². The summed E-state index contributed by atoms with van der Waals surface area (Å²) in [4.78, 5) is 21.8. The SMILES string of the molecule is Cc1ccc(C(=O)NC2CC2)cc1-c1cc2cnc(NC(C)C)nc2cc1-c1ccc(O)cc1F. The molecule has 7 heteroatoms. The van der Waals surface area contributed by atoms with Gasteiger partial charge in [0.2, 0.25) is 5.95 Å². The molecular formula is C28H27FN4O2. The quantitative estimate of drug-likeness (QED) is 0.330. The van der Waals surface area contributed by atoms with Gasteiger partial charge in [-0.05, 0) is 92.3 Å². The molecule has 0 aliphatic heterocycles. The van der Waals surface area contributed by atoms with Crippen LogP contribution in [0.25, 0.3) is 33.2 Å². The smallest absolute Gasteiger partial charge is 0.251 e. The molecule has 4 aromatic rings. The molecule has 1 aromatic heterocycles. The van der Waals surface area contributed by atoms with E-state index in [0.29, 0.717) is 28.2 Å². The molecule has 1 aliphatic rings. The van der Waals surface area contributed by atoms with Gasteiger partial charge in [-0.3, -0.25) is 4.79 Å². The Morgan fingerprint density at radius 3 is 2.51 bits per heavy atom. The number of aromatic nitrogens is 2. The third kappa shape index (κ3) is 4.80. The van der Waals surface area contributed by atoms with Gasteiger partial charge in [-0.2, -0.15) is 0 Å². The fourth-order valence-electron chi connectivity index (χ4n) is 4.12. The zero-order chi connectivity index (χ0) is 24.7. The average molecular weight is 471 g/mol. The van der Waals surface area contributed by atoms with Gasteiger partial charge < -0.3 is 15.7 Å². The highest BCUT2D eigenvalue weighted by Crippen LogP contribution is 2.39. The van der Waals surface area contributed by atoms with Crippen molar-refractivity contribution in [1.82, 2.24) is 15.3 Å². The number of phenolic OH excluding ortho intramolecular Hbond substituents is 1. The number of phenols is 1. The van der Waals surface area contributed by atoms with Crippen molar-refractivity contribution in [3.8, 4) is 28.0 Å². The number of aryl methyl sites for hydroxylation is 1. The number of nitrogens with one attached hydrogen (secondary N) is 2. The Balaban J connectivity index is 1.71. The first-order valence-electron chi connectivity index (χ1n) is 11.8. The lowest BCUT2D eigenvalue weighted by molar-refractivity contribution is 0.0951. The van der Waals surface area contributed by atoms with Crippen LogP contribution < -0.4 is 10.6 Å². The predicted molar refractivity (Wildman–Crippen MR) is 136 cm³/mol. The molecule has 0 atom stereocenters. The number of nitrogens with zero attached hydrogens (tertiary/aromatic N) is 2. The number of hydrogen-bond donors (Lipinski definition) is 3. The summed E-state index contributed by atoms with van der Waals surface area (Å²) >= 11 is 0. The van der Waals surface area contributed by atoms with Crippen LogP contribution in [0.5, 0.6) is 5.75 Å². The molecule has 1 aliphatic carbocycles. The van der Waals surface area contributed by atoms with Crippen molar-refractivity contribution in [3.63, 3.8) is 0 Å². The Bertz CT molecular complexity index is 1450. The number of carbonyl (C=O) groups is 1. The van der Waals surface area contributed by atoms with Gasteiger partial charge in [0, 0.05) is 40.9 Å². The lowest BCUT2D eigenvalue weighted by Gasteiger charge is -2.17.